The van der Waals surface area contributed by atoms with Gasteiger partial charge < -0.3 is 10.0 Å². The van der Waals surface area contributed by atoms with Crippen molar-refractivity contribution in [2.75, 3.05) is 18.5 Å². The third-order valence-electron chi connectivity index (χ3n) is 2.93. The lowest BCUT2D eigenvalue weighted by Gasteiger charge is -2.19. The van der Waals surface area contributed by atoms with Gasteiger partial charge >= 0.3 is 5.97 Å². The summed E-state index contributed by atoms with van der Waals surface area (Å²) in [4.78, 5) is 23.1. The van der Waals surface area contributed by atoms with E-state index in [2.05, 4.69) is 6.92 Å². The normalized spacial score (nSPS) is 10.2. The van der Waals surface area contributed by atoms with Gasteiger partial charge in [-0.3, -0.25) is 10.1 Å². The molecule has 0 heterocycles. The Morgan fingerprint density at radius 2 is 2.11 bits per heavy atom. The Hall–Kier alpha value is -2.11. The van der Waals surface area contributed by atoms with Gasteiger partial charge in [-0.05, 0) is 18.6 Å². The molecule has 0 saturated heterocycles. The van der Waals surface area contributed by atoms with E-state index in [-0.39, 0.29) is 11.3 Å². The SMILES string of the molecule is CCCCCN(C)c1cc(C(=O)O)ccc1[N+](=O)[O-]. The van der Waals surface area contributed by atoms with Gasteiger partial charge in [-0.1, -0.05) is 19.8 Å². The number of carboxylic acid groups (broad SMARTS) is 1. The van der Waals surface area contributed by atoms with Crippen LogP contribution in [0, 0.1) is 10.1 Å². The van der Waals surface area contributed by atoms with Gasteiger partial charge in [0.2, 0.25) is 0 Å². The zero-order chi connectivity index (χ0) is 14.4. The highest BCUT2D eigenvalue weighted by atomic mass is 16.6. The van der Waals surface area contributed by atoms with Gasteiger partial charge in [0.1, 0.15) is 5.69 Å². The molecule has 0 aliphatic heterocycles. The predicted octanol–water partition coefficient (Wildman–Crippen LogP) is 2.92. The number of hydrogen-bond donors (Lipinski definition) is 1. The van der Waals surface area contributed by atoms with Crippen molar-refractivity contribution >= 4 is 17.3 Å². The van der Waals surface area contributed by atoms with Crippen LogP contribution in [0.5, 0.6) is 0 Å². The molecule has 104 valence electrons. The highest BCUT2D eigenvalue weighted by molar-refractivity contribution is 5.90. The summed E-state index contributed by atoms with van der Waals surface area (Å²) in [6, 6.07) is 3.85. The minimum Gasteiger partial charge on any atom is -0.478 e. The summed E-state index contributed by atoms with van der Waals surface area (Å²) in [5.74, 6) is -1.09. The van der Waals surface area contributed by atoms with Crippen LogP contribution in [0.3, 0.4) is 0 Å². The molecule has 0 aliphatic carbocycles. The van der Waals surface area contributed by atoms with Gasteiger partial charge in [0.15, 0.2) is 0 Å². The minimum atomic E-state index is -1.09. The van der Waals surface area contributed by atoms with E-state index in [1.807, 2.05) is 0 Å². The van der Waals surface area contributed by atoms with Gasteiger partial charge in [-0.15, -0.1) is 0 Å². The molecular formula is C13H18N2O4. The monoisotopic (exact) mass is 266 g/mol. The Labute approximate surface area is 111 Å². The molecule has 0 saturated carbocycles. The first-order valence-corrected chi connectivity index (χ1v) is 6.20. The molecule has 0 spiro atoms. The van der Waals surface area contributed by atoms with Gasteiger partial charge in [-0.2, -0.15) is 0 Å². The summed E-state index contributed by atoms with van der Waals surface area (Å²) in [6.45, 7) is 2.74. The van der Waals surface area contributed by atoms with E-state index in [1.165, 1.54) is 18.2 Å². The third kappa shape index (κ3) is 3.94. The van der Waals surface area contributed by atoms with Crippen LogP contribution < -0.4 is 4.90 Å². The van der Waals surface area contributed by atoms with Gasteiger partial charge in [0, 0.05) is 19.7 Å². The molecule has 0 radical (unpaired) electrons. The molecule has 0 atom stereocenters. The lowest BCUT2D eigenvalue weighted by molar-refractivity contribution is -0.384. The van der Waals surface area contributed by atoms with E-state index < -0.39 is 10.9 Å². The predicted molar refractivity (Wildman–Crippen MR) is 72.9 cm³/mol. The molecule has 1 aromatic carbocycles. The number of benzene rings is 1. The summed E-state index contributed by atoms with van der Waals surface area (Å²) in [5.41, 5.74) is 0.341. The van der Waals surface area contributed by atoms with Crippen LogP contribution in [-0.4, -0.2) is 29.6 Å². The Morgan fingerprint density at radius 3 is 2.63 bits per heavy atom. The summed E-state index contributed by atoms with van der Waals surface area (Å²) in [6.07, 6.45) is 3.02. The van der Waals surface area contributed by atoms with E-state index in [4.69, 9.17) is 5.11 Å². The van der Waals surface area contributed by atoms with E-state index in [9.17, 15) is 14.9 Å². The number of rotatable bonds is 7. The van der Waals surface area contributed by atoms with Crippen molar-refractivity contribution in [1.29, 1.82) is 0 Å². The number of carboxylic acids is 1. The number of anilines is 1. The Morgan fingerprint density at radius 1 is 1.42 bits per heavy atom. The summed E-state index contributed by atoms with van der Waals surface area (Å²) in [7, 11) is 1.74. The lowest BCUT2D eigenvalue weighted by Crippen LogP contribution is -2.20. The van der Waals surface area contributed by atoms with E-state index in [0.717, 1.165) is 19.3 Å². The van der Waals surface area contributed by atoms with Gasteiger partial charge in [-0.25, -0.2) is 4.79 Å². The molecule has 0 amide bonds. The van der Waals surface area contributed by atoms with Crippen LogP contribution in [0.2, 0.25) is 0 Å². The molecule has 6 nitrogen and oxygen atoms in total. The number of unbranched alkanes of at least 4 members (excludes halogenated alkanes) is 2. The van der Waals surface area contributed by atoms with Crippen molar-refractivity contribution in [3.05, 3.63) is 33.9 Å². The highest BCUT2D eigenvalue weighted by Crippen LogP contribution is 2.28. The van der Waals surface area contributed by atoms with E-state index in [1.54, 1.807) is 11.9 Å². The lowest BCUT2D eigenvalue weighted by atomic mass is 10.1. The summed E-state index contributed by atoms with van der Waals surface area (Å²) >= 11 is 0. The Bertz CT molecular complexity index is 474. The smallest absolute Gasteiger partial charge is 0.335 e. The Balaban J connectivity index is 3.02. The van der Waals surface area contributed by atoms with Crippen molar-refractivity contribution in [1.82, 2.24) is 0 Å². The quantitative estimate of drug-likeness (QED) is 0.466. The van der Waals surface area contributed by atoms with Crippen LogP contribution in [0.15, 0.2) is 18.2 Å². The van der Waals surface area contributed by atoms with Crippen molar-refractivity contribution < 1.29 is 14.8 Å². The largest absolute Gasteiger partial charge is 0.478 e. The van der Waals surface area contributed by atoms with Crippen LogP contribution in [0.4, 0.5) is 11.4 Å². The minimum absolute atomic E-state index is 0.0583. The standard InChI is InChI=1S/C13H18N2O4/c1-3-4-5-8-14(2)12-9-10(13(16)17)6-7-11(12)15(18)19/h6-7,9H,3-5,8H2,1-2H3,(H,16,17). The second-order valence-electron chi connectivity index (χ2n) is 4.39. The average Bonchev–Trinajstić information content (AvgIpc) is 2.37. The molecule has 0 unspecified atom stereocenters. The third-order valence-corrected chi connectivity index (χ3v) is 2.93. The molecule has 6 heteroatoms. The maximum Gasteiger partial charge on any atom is 0.335 e. The molecule has 19 heavy (non-hydrogen) atoms. The molecular weight excluding hydrogens is 248 g/mol. The van der Waals surface area contributed by atoms with Crippen LogP contribution >= 0.6 is 0 Å². The first-order chi connectivity index (χ1) is 8.97. The summed E-state index contributed by atoms with van der Waals surface area (Å²) < 4.78 is 0. The molecule has 1 N–H and O–H groups in total. The number of hydrogen-bond acceptors (Lipinski definition) is 4. The number of aromatic carboxylic acids is 1. The topological polar surface area (TPSA) is 83.7 Å². The first kappa shape index (κ1) is 14.9. The molecule has 0 aromatic heterocycles. The fraction of sp³-hybridized carbons (Fsp3) is 0.462. The van der Waals surface area contributed by atoms with E-state index >= 15 is 0 Å². The van der Waals surface area contributed by atoms with Crippen LogP contribution in [-0.2, 0) is 0 Å². The second kappa shape index (κ2) is 6.72. The van der Waals surface area contributed by atoms with E-state index in [0.29, 0.717) is 12.2 Å². The second-order valence-corrected chi connectivity index (χ2v) is 4.39. The fourth-order valence-corrected chi connectivity index (χ4v) is 1.84. The Kier molecular flexibility index (Phi) is 5.29. The maximum atomic E-state index is 11.0. The number of nitro groups is 1. The molecule has 0 fully saturated rings. The average molecular weight is 266 g/mol. The number of carbonyl (C=O) groups is 1. The molecule has 0 aliphatic rings. The van der Waals surface area contributed by atoms with Crippen molar-refractivity contribution in [2.45, 2.75) is 26.2 Å². The first-order valence-electron chi connectivity index (χ1n) is 6.20. The van der Waals surface area contributed by atoms with Crippen molar-refractivity contribution in [3.8, 4) is 0 Å². The zero-order valence-corrected chi connectivity index (χ0v) is 11.1. The van der Waals surface area contributed by atoms with Gasteiger partial charge in [0.25, 0.3) is 5.69 Å². The molecule has 1 rings (SSSR count). The number of nitrogens with zero attached hydrogens (tertiary/aromatic N) is 2. The number of nitro benzene ring substituents is 1. The van der Waals surface area contributed by atoms with Gasteiger partial charge in [0.05, 0.1) is 10.5 Å². The summed E-state index contributed by atoms with van der Waals surface area (Å²) in [5, 5.41) is 19.9. The maximum absolute atomic E-state index is 11.0. The van der Waals surface area contributed by atoms with Crippen LogP contribution in [0.1, 0.15) is 36.5 Å². The van der Waals surface area contributed by atoms with Crippen molar-refractivity contribution in [3.63, 3.8) is 0 Å². The van der Waals surface area contributed by atoms with Crippen molar-refractivity contribution in [2.24, 2.45) is 0 Å². The van der Waals surface area contributed by atoms with Crippen LogP contribution in [0.25, 0.3) is 0 Å². The highest BCUT2D eigenvalue weighted by Gasteiger charge is 2.19. The fourth-order valence-electron chi connectivity index (χ4n) is 1.84. The molecule has 0 bridgehead atoms. The molecule has 1 aromatic rings. The zero-order valence-electron chi connectivity index (χ0n) is 11.1.